The summed E-state index contributed by atoms with van der Waals surface area (Å²) in [5.41, 5.74) is 0. The van der Waals surface area contributed by atoms with Gasteiger partial charge < -0.3 is 0 Å². The van der Waals surface area contributed by atoms with Crippen LogP contribution in [0.1, 0.15) is 0 Å². The van der Waals surface area contributed by atoms with Crippen molar-refractivity contribution in [3.8, 4) is 0 Å². The molecule has 0 bridgehead atoms. The van der Waals surface area contributed by atoms with Crippen LogP contribution in [0.3, 0.4) is 0 Å². The zero-order chi connectivity index (χ0) is 41.1. The van der Waals surface area contributed by atoms with E-state index in [2.05, 4.69) is 25.3 Å². The molecular formula is C16H3Cl31S2. The minimum atomic E-state index is -3.56. The quantitative estimate of drug-likeness (QED) is 0.118. The number of hydrogen-bond donors (Lipinski definition) is 2. The van der Waals surface area contributed by atoms with Gasteiger partial charge in [0.05, 0.1) is 0 Å². The normalized spacial score (nSPS) is 17.8. The maximum Gasteiger partial charge on any atom is 0.196 e. The van der Waals surface area contributed by atoms with Crippen LogP contribution in [0.25, 0.3) is 0 Å². The van der Waals surface area contributed by atoms with E-state index in [-0.39, 0.29) is 0 Å². The van der Waals surface area contributed by atoms with Crippen molar-refractivity contribution in [2.24, 2.45) is 0 Å². The van der Waals surface area contributed by atoms with Gasteiger partial charge in [-0.3, -0.25) is 0 Å². The molecule has 0 N–H and O–H groups in total. The molecule has 296 valence electrons. The molecule has 1 unspecified atom stereocenters. The summed E-state index contributed by atoms with van der Waals surface area (Å²) < 4.78 is -48.4. The molecule has 0 fully saturated rings. The van der Waals surface area contributed by atoms with Gasteiger partial charge in [0.2, 0.25) is 0 Å². The largest absolute Gasteiger partial charge is 0.196 e. The highest BCUT2D eigenvalue weighted by Gasteiger charge is 2.86. The third kappa shape index (κ3) is 9.30. The third-order valence-electron chi connectivity index (χ3n) is 5.76. The van der Waals surface area contributed by atoms with Gasteiger partial charge in [0.1, 0.15) is 5.38 Å². The maximum absolute atomic E-state index is 6.53. The van der Waals surface area contributed by atoms with E-state index in [0.717, 1.165) is 0 Å². The molecule has 0 radical (unpaired) electrons. The summed E-state index contributed by atoms with van der Waals surface area (Å²) in [6.07, 6.45) is 0. The second-order valence-corrected chi connectivity index (χ2v) is 31.9. The number of alkyl halides is 31. The second kappa shape index (κ2) is 17.6. The summed E-state index contributed by atoms with van der Waals surface area (Å²) in [5, 5.41) is -1.98. The Morgan fingerprint density at radius 1 is 0.245 bits per heavy atom. The van der Waals surface area contributed by atoms with Gasteiger partial charge in [0.25, 0.3) is 0 Å². The van der Waals surface area contributed by atoms with Crippen LogP contribution in [0.15, 0.2) is 0 Å². The van der Waals surface area contributed by atoms with Crippen molar-refractivity contribution < 1.29 is 0 Å². The molecular weight excluding hydrogens is 1360 g/mol. The lowest BCUT2D eigenvalue weighted by Gasteiger charge is -2.58. The lowest BCUT2D eigenvalue weighted by Crippen LogP contribution is -2.75. The second-order valence-electron chi connectivity index (χ2n) is 9.01. The van der Waals surface area contributed by atoms with Crippen molar-refractivity contribution in [3.63, 3.8) is 0 Å². The van der Waals surface area contributed by atoms with Gasteiger partial charge in [-0.25, -0.2) is 0 Å². The van der Waals surface area contributed by atoms with Gasteiger partial charge in [-0.15, -0.1) is 36.9 Å². The fourth-order valence-corrected chi connectivity index (χ4v) is 13.9. The highest BCUT2D eigenvalue weighted by atomic mass is 35.6. The monoisotopic (exact) mass is 1340 g/mol. The summed E-state index contributed by atoms with van der Waals surface area (Å²) in [4.78, 5) is 0. The molecule has 0 spiro atoms. The topological polar surface area (TPSA) is 0 Å². The Hall–Kier alpha value is 9.69. The predicted molar refractivity (Wildman–Crippen MR) is 244 cm³/mol. The van der Waals surface area contributed by atoms with Crippen LogP contribution in [-0.2, 0) is 0 Å². The van der Waals surface area contributed by atoms with Crippen LogP contribution in [0, 0.1) is 0 Å². The van der Waals surface area contributed by atoms with Crippen molar-refractivity contribution in [3.05, 3.63) is 0 Å². The molecule has 0 aromatic rings. The summed E-state index contributed by atoms with van der Waals surface area (Å²) in [6.45, 7) is 0. The van der Waals surface area contributed by atoms with Gasteiger partial charge in [-0.1, -0.05) is 348 Å². The maximum atomic E-state index is 6.53. The number of hydrogen-bond acceptors (Lipinski definition) is 2. The first kappa shape index (κ1) is 58.7. The smallest absolute Gasteiger partial charge is 0.139 e. The molecule has 0 aliphatic carbocycles. The van der Waals surface area contributed by atoms with Crippen molar-refractivity contribution in [1.82, 2.24) is 0 Å². The van der Waals surface area contributed by atoms with Gasteiger partial charge in [-0.05, 0) is 0 Å². The Morgan fingerprint density at radius 3 is 0.531 bits per heavy atom. The van der Waals surface area contributed by atoms with Crippen LogP contribution < -0.4 is 0 Å². The van der Waals surface area contributed by atoms with E-state index in [0.29, 0.717) is 0 Å². The van der Waals surface area contributed by atoms with Crippen LogP contribution in [-0.4, -0.2) is 69.0 Å². The van der Waals surface area contributed by atoms with Crippen LogP contribution in [0.5, 0.6) is 0 Å². The fraction of sp³-hybridized carbons (Fsp3) is 1.00. The lowest BCUT2D eigenvalue weighted by atomic mass is 9.97. The minimum absolute atomic E-state index is 1.98. The number of halogens is 31. The highest BCUT2D eigenvalue weighted by molar-refractivity contribution is 7.85. The van der Waals surface area contributed by atoms with Gasteiger partial charge in [-0.2, -0.15) is 0 Å². The number of thiol groups is 2. The molecule has 33 heteroatoms. The Labute approximate surface area is 446 Å². The van der Waals surface area contributed by atoms with E-state index in [4.69, 9.17) is 360 Å². The van der Waals surface area contributed by atoms with E-state index in [9.17, 15) is 0 Å². The first-order chi connectivity index (χ1) is 20.4. The highest BCUT2D eigenvalue weighted by Crippen LogP contribution is 2.77. The zero-order valence-corrected chi connectivity index (χ0v) is 45.9. The van der Waals surface area contributed by atoms with Crippen LogP contribution in [0.2, 0.25) is 0 Å². The predicted octanol–water partition coefficient (Wildman–Crippen LogP) is 19.0. The van der Waals surface area contributed by atoms with Crippen molar-refractivity contribution in [1.29, 1.82) is 0 Å². The molecule has 0 saturated carbocycles. The standard InChI is InChI=1S/C16H3Cl31S2/c17-1(3(20,21)48)2(18,19)4(22,23)5(24,25)6(26,27)7(28,29)8(30,31)9(32,33)10(34,35)11(36,37)12(38,39)13(40,41)14(42,43)15(44,45)16(46,47)49/h1,48-49H. The van der Waals surface area contributed by atoms with Gasteiger partial charge in [0, 0.05) is 0 Å². The molecule has 1 atom stereocenters. The molecule has 0 amide bonds. The van der Waals surface area contributed by atoms with Gasteiger partial charge >= 0.3 is 0 Å². The molecule has 0 aromatic heterocycles. The first-order valence-electron chi connectivity index (χ1n) is 10.2. The average Bonchev–Trinajstić information content (AvgIpc) is 2.85. The minimum Gasteiger partial charge on any atom is -0.139 e. The fourth-order valence-electron chi connectivity index (χ4n) is 2.75. The van der Waals surface area contributed by atoms with E-state index in [1.54, 1.807) is 0 Å². The molecule has 49 heavy (non-hydrogen) atoms. The van der Waals surface area contributed by atoms with Crippen molar-refractivity contribution in [2.45, 2.75) is 69.0 Å². The Balaban J connectivity index is 7.62. The molecule has 0 saturated heterocycles. The van der Waals surface area contributed by atoms with E-state index < -0.39 is 69.0 Å². The van der Waals surface area contributed by atoms with E-state index in [1.165, 1.54) is 0 Å². The molecule has 0 aliphatic rings. The Kier molecular flexibility index (Phi) is 21.1. The Bertz CT molecular complexity index is 1200. The molecule has 0 nitrogen and oxygen atoms in total. The summed E-state index contributed by atoms with van der Waals surface area (Å²) >= 11 is 204. The molecule has 0 aromatic carbocycles. The SMILES string of the molecule is SC(Cl)(Cl)C(Cl)C(Cl)(Cl)C(Cl)(Cl)C(Cl)(Cl)C(Cl)(Cl)C(Cl)(Cl)C(Cl)(Cl)C(Cl)(Cl)C(Cl)(Cl)C(Cl)(Cl)C(Cl)(Cl)C(Cl)(Cl)C(Cl)(Cl)C(Cl)(Cl)C(S)(Cl)Cl. The summed E-state index contributed by atoms with van der Waals surface area (Å²) in [6, 6.07) is 0. The summed E-state index contributed by atoms with van der Waals surface area (Å²) in [7, 11) is 0. The van der Waals surface area contributed by atoms with E-state index >= 15 is 0 Å². The third-order valence-corrected chi connectivity index (χ3v) is 28.5. The zero-order valence-electron chi connectivity index (χ0n) is 20.7. The Morgan fingerprint density at radius 2 is 0.388 bits per heavy atom. The van der Waals surface area contributed by atoms with Crippen molar-refractivity contribution >= 4 is 385 Å². The molecule has 0 heterocycles. The van der Waals surface area contributed by atoms with Crippen LogP contribution >= 0.6 is 385 Å². The van der Waals surface area contributed by atoms with Gasteiger partial charge in [0.15, 0.2) is 63.7 Å². The molecule has 0 rings (SSSR count). The number of rotatable bonds is 15. The molecule has 0 aliphatic heterocycles. The average molecular weight is 1360 g/mol. The van der Waals surface area contributed by atoms with Crippen molar-refractivity contribution in [2.75, 3.05) is 0 Å². The summed E-state index contributed by atoms with van der Waals surface area (Å²) in [5.74, 6) is 0. The first-order valence-corrected chi connectivity index (χ1v) is 22.8. The lowest BCUT2D eigenvalue weighted by molar-refractivity contribution is 0.401. The van der Waals surface area contributed by atoms with E-state index in [1.807, 2.05) is 0 Å². The van der Waals surface area contributed by atoms with Crippen LogP contribution in [0.4, 0.5) is 0 Å².